The quantitative estimate of drug-likeness (QED) is 0.421. The summed E-state index contributed by atoms with van der Waals surface area (Å²) in [5.41, 5.74) is 0.736. The van der Waals surface area contributed by atoms with Gasteiger partial charge in [-0.05, 0) is 12.0 Å². The average Bonchev–Trinajstić information content (AvgIpc) is 2.15. The maximum atomic E-state index is 10.5. The molecular formula is C9H11NO4. The third-order valence-electron chi connectivity index (χ3n) is 2.12. The third kappa shape index (κ3) is 3.01. The van der Waals surface area contributed by atoms with Gasteiger partial charge in [0.1, 0.15) is 0 Å². The summed E-state index contributed by atoms with van der Waals surface area (Å²) in [5.74, 6) is -1.03. The first-order valence-corrected chi connectivity index (χ1v) is 4.33. The zero-order valence-corrected chi connectivity index (χ0v) is 7.55. The van der Waals surface area contributed by atoms with Crippen molar-refractivity contribution in [1.29, 1.82) is 0 Å². The Morgan fingerprint density at radius 3 is 3.00 bits per heavy atom. The summed E-state index contributed by atoms with van der Waals surface area (Å²) in [7, 11) is 0. The van der Waals surface area contributed by atoms with E-state index in [1.807, 2.05) is 6.08 Å². The molecular weight excluding hydrogens is 186 g/mol. The van der Waals surface area contributed by atoms with Crippen LogP contribution in [0.4, 0.5) is 0 Å². The highest BCUT2D eigenvalue weighted by atomic mass is 16.6. The Hall–Kier alpha value is -1.65. The maximum absolute atomic E-state index is 10.5. The Morgan fingerprint density at radius 1 is 1.71 bits per heavy atom. The number of allylic oxidation sites excluding steroid dienone is 2. The summed E-state index contributed by atoms with van der Waals surface area (Å²) in [6, 6.07) is -0.562. The lowest BCUT2D eigenvalue weighted by Crippen LogP contribution is -2.21. The summed E-state index contributed by atoms with van der Waals surface area (Å²) in [6.45, 7) is 0. The van der Waals surface area contributed by atoms with Gasteiger partial charge in [-0.15, -0.1) is 0 Å². The molecule has 0 spiro atoms. The van der Waals surface area contributed by atoms with Gasteiger partial charge in [-0.3, -0.25) is 10.1 Å². The van der Waals surface area contributed by atoms with Gasteiger partial charge in [-0.1, -0.05) is 12.2 Å². The van der Waals surface area contributed by atoms with Gasteiger partial charge in [-0.2, -0.15) is 0 Å². The second-order valence-electron chi connectivity index (χ2n) is 3.17. The number of rotatable bonds is 3. The molecule has 0 aromatic carbocycles. The lowest BCUT2D eigenvalue weighted by molar-refractivity contribution is -0.523. The molecule has 0 aliphatic heterocycles. The van der Waals surface area contributed by atoms with Crippen molar-refractivity contribution in [3.63, 3.8) is 0 Å². The minimum Gasteiger partial charge on any atom is -0.478 e. The number of nitrogens with zero attached hydrogens (tertiary/aromatic N) is 1. The Labute approximate surface area is 80.9 Å². The molecule has 76 valence electrons. The average molecular weight is 197 g/mol. The zero-order valence-electron chi connectivity index (χ0n) is 7.55. The van der Waals surface area contributed by atoms with E-state index in [1.54, 1.807) is 0 Å². The molecule has 1 aliphatic carbocycles. The van der Waals surface area contributed by atoms with Crippen LogP contribution in [-0.2, 0) is 4.79 Å². The molecule has 1 N–H and O–H groups in total. The van der Waals surface area contributed by atoms with Gasteiger partial charge >= 0.3 is 5.97 Å². The number of nitro groups is 1. The van der Waals surface area contributed by atoms with Gasteiger partial charge in [0, 0.05) is 23.8 Å². The van der Waals surface area contributed by atoms with E-state index in [2.05, 4.69) is 0 Å². The van der Waals surface area contributed by atoms with Crippen LogP contribution < -0.4 is 0 Å². The van der Waals surface area contributed by atoms with Gasteiger partial charge in [0.05, 0.1) is 0 Å². The van der Waals surface area contributed by atoms with Crippen LogP contribution in [0, 0.1) is 10.1 Å². The largest absolute Gasteiger partial charge is 0.478 e. The molecule has 5 nitrogen and oxygen atoms in total. The van der Waals surface area contributed by atoms with E-state index in [4.69, 9.17) is 5.11 Å². The number of hydrogen-bond acceptors (Lipinski definition) is 3. The summed E-state index contributed by atoms with van der Waals surface area (Å²) in [5, 5.41) is 18.8. The highest BCUT2D eigenvalue weighted by Crippen LogP contribution is 2.21. The minimum absolute atomic E-state index is 0.304. The van der Waals surface area contributed by atoms with Gasteiger partial charge in [0.25, 0.3) is 0 Å². The summed E-state index contributed by atoms with van der Waals surface area (Å²) < 4.78 is 0. The third-order valence-corrected chi connectivity index (χ3v) is 2.12. The predicted octanol–water partition coefficient (Wildman–Crippen LogP) is 1.38. The van der Waals surface area contributed by atoms with Crippen LogP contribution in [0.1, 0.15) is 19.3 Å². The van der Waals surface area contributed by atoms with Crippen molar-refractivity contribution in [2.75, 3.05) is 0 Å². The van der Waals surface area contributed by atoms with E-state index in [0.717, 1.165) is 11.6 Å². The lowest BCUT2D eigenvalue weighted by Gasteiger charge is -2.13. The smallest absolute Gasteiger partial charge is 0.328 e. The highest BCUT2D eigenvalue weighted by Gasteiger charge is 2.23. The van der Waals surface area contributed by atoms with Crippen LogP contribution in [-0.4, -0.2) is 22.0 Å². The fourth-order valence-corrected chi connectivity index (χ4v) is 1.41. The number of carbonyl (C=O) groups is 1. The molecule has 1 aliphatic rings. The number of hydrogen-bond donors (Lipinski definition) is 1. The second kappa shape index (κ2) is 4.55. The summed E-state index contributed by atoms with van der Waals surface area (Å²) in [4.78, 5) is 20.4. The van der Waals surface area contributed by atoms with Gasteiger partial charge in [0.15, 0.2) is 0 Å². The van der Waals surface area contributed by atoms with E-state index in [-0.39, 0.29) is 4.92 Å². The van der Waals surface area contributed by atoms with E-state index >= 15 is 0 Å². The van der Waals surface area contributed by atoms with E-state index in [9.17, 15) is 14.9 Å². The van der Waals surface area contributed by atoms with Crippen LogP contribution in [0.15, 0.2) is 23.8 Å². The van der Waals surface area contributed by atoms with Gasteiger partial charge in [0.2, 0.25) is 6.04 Å². The Bertz CT molecular complexity index is 306. The standard InChI is InChI=1S/C9H11NO4/c11-9(12)5-4-7-2-1-3-8(6-7)10(13)14/h2,4-5,8H,1,3,6H2,(H,11,12)/t8-/m1/s1. The molecule has 1 rings (SSSR count). The predicted molar refractivity (Wildman–Crippen MR) is 49.5 cm³/mol. The molecule has 0 aromatic heterocycles. The Morgan fingerprint density at radius 2 is 2.43 bits per heavy atom. The Kier molecular flexibility index (Phi) is 3.39. The van der Waals surface area contributed by atoms with Gasteiger partial charge in [-0.25, -0.2) is 4.79 Å². The normalized spacial score (nSPS) is 22.0. The first-order chi connectivity index (χ1) is 6.59. The molecule has 0 heterocycles. The van der Waals surface area contributed by atoms with Crippen molar-refractivity contribution in [3.8, 4) is 0 Å². The number of carboxylic acids is 1. The van der Waals surface area contributed by atoms with E-state index in [1.165, 1.54) is 6.08 Å². The molecule has 0 unspecified atom stereocenters. The first-order valence-electron chi connectivity index (χ1n) is 4.33. The molecule has 0 aromatic rings. The molecule has 0 saturated heterocycles. The second-order valence-corrected chi connectivity index (χ2v) is 3.17. The summed E-state index contributed by atoms with van der Waals surface area (Å²) in [6.07, 6.45) is 5.80. The molecule has 0 fully saturated rings. The summed E-state index contributed by atoms with van der Waals surface area (Å²) >= 11 is 0. The minimum atomic E-state index is -1.03. The molecule has 0 saturated carbocycles. The monoisotopic (exact) mass is 197 g/mol. The molecule has 5 heteroatoms. The first kappa shape index (κ1) is 10.4. The SMILES string of the molecule is O=C(O)C=CC1=CCC[C@@H]([N+](=O)[O-])C1. The van der Waals surface area contributed by atoms with Crippen LogP contribution in [0.3, 0.4) is 0 Å². The van der Waals surface area contributed by atoms with E-state index in [0.29, 0.717) is 19.3 Å². The van der Waals surface area contributed by atoms with Crippen LogP contribution >= 0.6 is 0 Å². The fraction of sp³-hybridized carbons (Fsp3) is 0.444. The molecule has 0 bridgehead atoms. The fourth-order valence-electron chi connectivity index (χ4n) is 1.41. The number of carboxylic acid groups (broad SMARTS) is 1. The zero-order chi connectivity index (χ0) is 10.6. The van der Waals surface area contributed by atoms with Crippen molar-refractivity contribution >= 4 is 5.97 Å². The van der Waals surface area contributed by atoms with Crippen LogP contribution in [0.2, 0.25) is 0 Å². The number of aliphatic carboxylic acids is 1. The topological polar surface area (TPSA) is 80.4 Å². The van der Waals surface area contributed by atoms with Crippen molar-refractivity contribution in [3.05, 3.63) is 33.9 Å². The van der Waals surface area contributed by atoms with Crippen molar-refractivity contribution in [1.82, 2.24) is 0 Å². The van der Waals surface area contributed by atoms with Crippen molar-refractivity contribution in [2.45, 2.75) is 25.3 Å². The molecule has 14 heavy (non-hydrogen) atoms. The van der Waals surface area contributed by atoms with E-state index < -0.39 is 12.0 Å². The van der Waals surface area contributed by atoms with Crippen LogP contribution in [0.5, 0.6) is 0 Å². The Balaban J connectivity index is 2.59. The maximum Gasteiger partial charge on any atom is 0.328 e. The lowest BCUT2D eigenvalue weighted by atomic mass is 9.95. The van der Waals surface area contributed by atoms with Gasteiger partial charge < -0.3 is 5.11 Å². The van der Waals surface area contributed by atoms with Crippen molar-refractivity contribution < 1.29 is 14.8 Å². The molecule has 0 radical (unpaired) electrons. The highest BCUT2D eigenvalue weighted by molar-refractivity contribution is 5.80. The van der Waals surface area contributed by atoms with Crippen molar-refractivity contribution in [2.24, 2.45) is 0 Å². The van der Waals surface area contributed by atoms with Crippen LogP contribution in [0.25, 0.3) is 0 Å². The molecule has 1 atom stereocenters. The molecule has 0 amide bonds.